The molecule has 1 amide bonds. The van der Waals surface area contributed by atoms with Gasteiger partial charge in [0.1, 0.15) is 5.75 Å². The maximum absolute atomic E-state index is 12.0. The number of rotatable bonds is 8. The highest BCUT2D eigenvalue weighted by molar-refractivity contribution is 9.10. The lowest BCUT2D eigenvalue weighted by molar-refractivity contribution is -0.123. The summed E-state index contributed by atoms with van der Waals surface area (Å²) in [7, 11) is 2.05. The van der Waals surface area contributed by atoms with Gasteiger partial charge in [-0.2, -0.15) is 0 Å². The fourth-order valence-corrected chi connectivity index (χ4v) is 3.48. The third-order valence-corrected chi connectivity index (χ3v) is 5.19. The zero-order valence-corrected chi connectivity index (χ0v) is 16.9. The zero-order chi connectivity index (χ0) is 19.1. The molecule has 5 heteroatoms. The van der Waals surface area contributed by atoms with Crippen molar-refractivity contribution in [2.24, 2.45) is 0 Å². The van der Waals surface area contributed by atoms with E-state index in [2.05, 4.69) is 45.3 Å². The van der Waals surface area contributed by atoms with E-state index in [0.717, 1.165) is 28.2 Å². The molecule has 0 radical (unpaired) electrons. The molecular weight excluding hydrogens is 404 g/mol. The van der Waals surface area contributed by atoms with Crippen LogP contribution in [0.3, 0.4) is 0 Å². The van der Waals surface area contributed by atoms with Gasteiger partial charge < -0.3 is 15.0 Å². The van der Waals surface area contributed by atoms with Crippen LogP contribution in [0.5, 0.6) is 5.75 Å². The summed E-state index contributed by atoms with van der Waals surface area (Å²) in [6, 6.07) is 22.1. The number of anilines is 1. The van der Waals surface area contributed by atoms with Gasteiger partial charge in [0.25, 0.3) is 5.91 Å². The van der Waals surface area contributed by atoms with Crippen LogP contribution in [0.1, 0.15) is 6.42 Å². The summed E-state index contributed by atoms with van der Waals surface area (Å²) >= 11 is 3.57. The molecule has 140 valence electrons. The monoisotopic (exact) mass is 426 g/mol. The molecule has 4 nitrogen and oxygen atoms in total. The van der Waals surface area contributed by atoms with E-state index in [1.54, 1.807) is 0 Å². The van der Waals surface area contributed by atoms with E-state index in [1.807, 2.05) is 54.6 Å². The summed E-state index contributed by atoms with van der Waals surface area (Å²) in [6.07, 6.45) is 0.872. The lowest BCUT2D eigenvalue weighted by Gasteiger charge is -2.19. The summed E-state index contributed by atoms with van der Waals surface area (Å²) in [5.74, 6) is 0.560. The molecule has 0 saturated carbocycles. The average Bonchev–Trinajstić information content (AvgIpc) is 2.71. The summed E-state index contributed by atoms with van der Waals surface area (Å²) in [6.45, 7) is 1.51. The van der Waals surface area contributed by atoms with E-state index >= 15 is 0 Å². The predicted octanol–water partition coefficient (Wildman–Crippen LogP) is 4.62. The molecular formula is C22H23BrN2O2. The first-order valence-electron chi connectivity index (χ1n) is 8.98. The maximum atomic E-state index is 12.0. The number of hydrogen-bond acceptors (Lipinski definition) is 3. The van der Waals surface area contributed by atoms with Crippen molar-refractivity contribution in [3.63, 3.8) is 0 Å². The number of nitrogens with one attached hydrogen (secondary N) is 1. The van der Waals surface area contributed by atoms with Gasteiger partial charge in [-0.1, -0.05) is 48.5 Å². The largest absolute Gasteiger partial charge is 0.483 e. The SMILES string of the molecule is CN(CCCNC(=O)COc1ccc2ccccc2c1Br)c1ccccc1. The first-order chi connectivity index (χ1) is 13.1. The Morgan fingerprint density at radius 1 is 1.04 bits per heavy atom. The van der Waals surface area contributed by atoms with Crippen LogP contribution in [0.25, 0.3) is 10.8 Å². The van der Waals surface area contributed by atoms with Crippen molar-refractivity contribution in [1.82, 2.24) is 5.32 Å². The predicted molar refractivity (Wildman–Crippen MR) is 114 cm³/mol. The van der Waals surface area contributed by atoms with Crippen LogP contribution in [0.4, 0.5) is 5.69 Å². The Hall–Kier alpha value is -2.53. The lowest BCUT2D eigenvalue weighted by Crippen LogP contribution is -2.31. The van der Waals surface area contributed by atoms with Gasteiger partial charge in [0.05, 0.1) is 4.47 Å². The van der Waals surface area contributed by atoms with E-state index in [1.165, 1.54) is 5.69 Å². The second kappa shape index (κ2) is 9.42. The van der Waals surface area contributed by atoms with Gasteiger partial charge in [0, 0.05) is 25.8 Å². The summed E-state index contributed by atoms with van der Waals surface area (Å²) in [5.41, 5.74) is 1.17. The smallest absolute Gasteiger partial charge is 0.257 e. The van der Waals surface area contributed by atoms with Crippen molar-refractivity contribution in [2.45, 2.75) is 6.42 Å². The second-order valence-electron chi connectivity index (χ2n) is 6.35. The minimum absolute atomic E-state index is 0.00542. The van der Waals surface area contributed by atoms with Gasteiger partial charge in [-0.15, -0.1) is 0 Å². The van der Waals surface area contributed by atoms with Crippen LogP contribution in [0, 0.1) is 0 Å². The Morgan fingerprint density at radius 3 is 2.59 bits per heavy atom. The highest BCUT2D eigenvalue weighted by Gasteiger charge is 2.08. The molecule has 0 saturated heterocycles. The topological polar surface area (TPSA) is 41.6 Å². The number of benzene rings is 3. The van der Waals surface area contributed by atoms with Crippen LogP contribution in [-0.4, -0.2) is 32.7 Å². The summed E-state index contributed by atoms with van der Waals surface area (Å²) < 4.78 is 6.56. The first-order valence-corrected chi connectivity index (χ1v) is 9.77. The highest BCUT2D eigenvalue weighted by atomic mass is 79.9. The normalized spacial score (nSPS) is 10.6. The number of carbonyl (C=O) groups excluding carboxylic acids is 1. The number of fused-ring (bicyclic) bond motifs is 1. The van der Waals surface area contributed by atoms with Gasteiger partial charge in [-0.25, -0.2) is 0 Å². The molecule has 0 aliphatic heterocycles. The second-order valence-corrected chi connectivity index (χ2v) is 7.14. The van der Waals surface area contributed by atoms with Crippen LogP contribution in [0.2, 0.25) is 0 Å². The molecule has 0 fully saturated rings. The molecule has 3 rings (SSSR count). The van der Waals surface area contributed by atoms with Crippen LogP contribution >= 0.6 is 15.9 Å². The minimum atomic E-state index is -0.113. The van der Waals surface area contributed by atoms with E-state index in [-0.39, 0.29) is 12.5 Å². The Morgan fingerprint density at radius 2 is 1.78 bits per heavy atom. The van der Waals surface area contributed by atoms with E-state index in [4.69, 9.17) is 4.74 Å². The Balaban J connectivity index is 1.42. The molecule has 3 aromatic carbocycles. The van der Waals surface area contributed by atoms with Crippen LogP contribution < -0.4 is 15.0 Å². The molecule has 0 aromatic heterocycles. The number of para-hydroxylation sites is 1. The quantitative estimate of drug-likeness (QED) is 0.534. The van der Waals surface area contributed by atoms with Crippen molar-refractivity contribution < 1.29 is 9.53 Å². The Labute approximate surface area is 168 Å². The average molecular weight is 427 g/mol. The van der Waals surface area contributed by atoms with Crippen molar-refractivity contribution in [3.05, 3.63) is 71.2 Å². The third kappa shape index (κ3) is 5.23. The highest BCUT2D eigenvalue weighted by Crippen LogP contribution is 2.32. The minimum Gasteiger partial charge on any atom is -0.483 e. The van der Waals surface area contributed by atoms with Crippen LogP contribution in [-0.2, 0) is 4.79 Å². The molecule has 0 bridgehead atoms. The van der Waals surface area contributed by atoms with Gasteiger partial charge in [0.2, 0.25) is 0 Å². The number of carbonyl (C=O) groups is 1. The summed E-state index contributed by atoms with van der Waals surface area (Å²) in [4.78, 5) is 14.2. The fraction of sp³-hybridized carbons (Fsp3) is 0.227. The molecule has 0 spiro atoms. The summed E-state index contributed by atoms with van der Waals surface area (Å²) in [5, 5.41) is 5.11. The van der Waals surface area contributed by atoms with E-state index in [0.29, 0.717) is 12.3 Å². The van der Waals surface area contributed by atoms with E-state index in [9.17, 15) is 4.79 Å². The van der Waals surface area contributed by atoms with Crippen molar-refractivity contribution in [1.29, 1.82) is 0 Å². The number of nitrogens with zero attached hydrogens (tertiary/aromatic N) is 1. The van der Waals surface area contributed by atoms with E-state index < -0.39 is 0 Å². The molecule has 27 heavy (non-hydrogen) atoms. The number of amides is 1. The van der Waals surface area contributed by atoms with Crippen molar-refractivity contribution in [3.8, 4) is 5.75 Å². The van der Waals surface area contributed by atoms with Crippen molar-refractivity contribution in [2.75, 3.05) is 31.6 Å². The number of ether oxygens (including phenoxy) is 1. The van der Waals surface area contributed by atoms with Gasteiger partial charge in [-0.05, 0) is 51.3 Å². The number of halogens is 1. The molecule has 0 heterocycles. The lowest BCUT2D eigenvalue weighted by atomic mass is 10.1. The standard InChI is InChI=1S/C22H23BrN2O2/c1-25(18-9-3-2-4-10-18)15-7-14-24-21(26)16-27-20-13-12-17-8-5-6-11-19(17)22(20)23/h2-6,8-13H,7,14-16H2,1H3,(H,24,26). The van der Waals surface area contributed by atoms with Crippen LogP contribution in [0.15, 0.2) is 71.2 Å². The molecule has 1 N–H and O–H groups in total. The Bertz CT molecular complexity index is 899. The molecule has 3 aromatic rings. The molecule has 0 unspecified atom stereocenters. The number of hydrogen-bond donors (Lipinski definition) is 1. The zero-order valence-electron chi connectivity index (χ0n) is 15.3. The molecule has 0 aliphatic carbocycles. The maximum Gasteiger partial charge on any atom is 0.257 e. The van der Waals surface area contributed by atoms with Gasteiger partial charge >= 0.3 is 0 Å². The van der Waals surface area contributed by atoms with Gasteiger partial charge in [-0.3, -0.25) is 4.79 Å². The Kier molecular flexibility index (Phi) is 6.71. The van der Waals surface area contributed by atoms with Gasteiger partial charge in [0.15, 0.2) is 6.61 Å². The third-order valence-electron chi connectivity index (χ3n) is 4.38. The first kappa shape index (κ1) is 19.2. The fourth-order valence-electron chi connectivity index (χ4n) is 2.88. The van der Waals surface area contributed by atoms with Crippen molar-refractivity contribution >= 4 is 38.3 Å². The molecule has 0 atom stereocenters. The molecule has 0 aliphatic rings.